The lowest BCUT2D eigenvalue weighted by molar-refractivity contribution is 0.503. The molecule has 1 saturated carbocycles. The number of fused-ring (bicyclic) bond motifs is 1. The highest BCUT2D eigenvalue weighted by molar-refractivity contribution is 5.56. The largest absolute Gasteiger partial charge is 0.371 e. The Bertz CT molecular complexity index is 341. The van der Waals surface area contributed by atoms with Crippen LogP contribution in [0.1, 0.15) is 24.8 Å². The Morgan fingerprint density at radius 2 is 1.93 bits per heavy atom. The molecule has 0 radical (unpaired) electrons. The normalized spacial score (nSPS) is 26.1. The molecule has 74 valence electrons. The van der Waals surface area contributed by atoms with E-state index in [0.29, 0.717) is 0 Å². The van der Waals surface area contributed by atoms with E-state index in [4.69, 9.17) is 0 Å². The lowest BCUT2D eigenvalue weighted by Gasteiger charge is -2.36. The molecule has 2 aliphatic rings. The highest BCUT2D eigenvalue weighted by Gasteiger charge is 2.36. The van der Waals surface area contributed by atoms with Crippen molar-refractivity contribution in [2.45, 2.75) is 31.7 Å². The lowest BCUT2D eigenvalue weighted by atomic mass is 9.94. The summed E-state index contributed by atoms with van der Waals surface area (Å²) in [5.41, 5.74) is 3.00. The van der Waals surface area contributed by atoms with Gasteiger partial charge in [0.2, 0.25) is 0 Å². The SMILES string of the molecule is CN1c2ccccc2CC[C@@H]1C1CC1. The second-order valence-electron chi connectivity index (χ2n) is 4.68. The van der Waals surface area contributed by atoms with E-state index in [2.05, 4.69) is 36.2 Å². The van der Waals surface area contributed by atoms with Gasteiger partial charge < -0.3 is 4.90 Å². The van der Waals surface area contributed by atoms with E-state index < -0.39 is 0 Å². The number of hydrogen-bond donors (Lipinski definition) is 0. The average Bonchev–Trinajstić information content (AvgIpc) is 3.03. The van der Waals surface area contributed by atoms with Gasteiger partial charge in [0.05, 0.1) is 0 Å². The highest BCUT2D eigenvalue weighted by atomic mass is 15.2. The molecule has 0 spiro atoms. The van der Waals surface area contributed by atoms with Crippen LogP contribution in [-0.2, 0) is 6.42 Å². The molecule has 1 aromatic rings. The molecule has 1 atom stereocenters. The number of rotatable bonds is 1. The molecule has 1 heteroatoms. The molecule has 0 saturated heterocycles. The monoisotopic (exact) mass is 187 g/mol. The fraction of sp³-hybridized carbons (Fsp3) is 0.538. The van der Waals surface area contributed by atoms with Gasteiger partial charge in [-0.25, -0.2) is 0 Å². The van der Waals surface area contributed by atoms with E-state index >= 15 is 0 Å². The number of para-hydroxylation sites is 1. The molecule has 14 heavy (non-hydrogen) atoms. The van der Waals surface area contributed by atoms with Crippen LogP contribution in [0.15, 0.2) is 24.3 Å². The zero-order valence-corrected chi connectivity index (χ0v) is 8.74. The van der Waals surface area contributed by atoms with Crippen LogP contribution in [0, 0.1) is 5.92 Å². The summed E-state index contributed by atoms with van der Waals surface area (Å²) in [6.45, 7) is 0. The van der Waals surface area contributed by atoms with Crippen LogP contribution < -0.4 is 4.90 Å². The molecule has 0 N–H and O–H groups in total. The molecule has 1 aliphatic carbocycles. The minimum Gasteiger partial charge on any atom is -0.371 e. The summed E-state index contributed by atoms with van der Waals surface area (Å²) >= 11 is 0. The van der Waals surface area contributed by atoms with Crippen molar-refractivity contribution >= 4 is 5.69 Å². The van der Waals surface area contributed by atoms with Crippen molar-refractivity contribution in [3.63, 3.8) is 0 Å². The second kappa shape index (κ2) is 3.01. The van der Waals surface area contributed by atoms with Crippen LogP contribution in [-0.4, -0.2) is 13.1 Å². The number of anilines is 1. The zero-order chi connectivity index (χ0) is 9.54. The lowest BCUT2D eigenvalue weighted by Crippen LogP contribution is -2.37. The summed E-state index contributed by atoms with van der Waals surface area (Å²) in [6.07, 6.45) is 5.55. The van der Waals surface area contributed by atoms with Crippen molar-refractivity contribution in [3.05, 3.63) is 29.8 Å². The molecule has 1 aromatic carbocycles. The Balaban J connectivity index is 1.94. The smallest absolute Gasteiger partial charge is 0.0398 e. The van der Waals surface area contributed by atoms with Gasteiger partial charge in [-0.05, 0) is 43.2 Å². The van der Waals surface area contributed by atoms with Gasteiger partial charge in [0.25, 0.3) is 0 Å². The molecule has 1 fully saturated rings. The maximum atomic E-state index is 2.51. The number of aryl methyl sites for hydroxylation is 1. The van der Waals surface area contributed by atoms with Gasteiger partial charge in [-0.3, -0.25) is 0 Å². The third-order valence-electron chi connectivity index (χ3n) is 3.74. The van der Waals surface area contributed by atoms with Gasteiger partial charge in [-0.2, -0.15) is 0 Å². The van der Waals surface area contributed by atoms with Crippen molar-refractivity contribution in [1.29, 1.82) is 0 Å². The van der Waals surface area contributed by atoms with Crippen molar-refractivity contribution in [1.82, 2.24) is 0 Å². The third-order valence-corrected chi connectivity index (χ3v) is 3.74. The Morgan fingerprint density at radius 1 is 1.14 bits per heavy atom. The number of hydrogen-bond acceptors (Lipinski definition) is 1. The Kier molecular flexibility index (Phi) is 1.79. The van der Waals surface area contributed by atoms with Crippen LogP contribution >= 0.6 is 0 Å². The Hall–Kier alpha value is -0.980. The van der Waals surface area contributed by atoms with Crippen LogP contribution in [0.2, 0.25) is 0 Å². The van der Waals surface area contributed by atoms with Crippen molar-refractivity contribution < 1.29 is 0 Å². The van der Waals surface area contributed by atoms with E-state index in [1.54, 1.807) is 0 Å². The van der Waals surface area contributed by atoms with Gasteiger partial charge in [0.1, 0.15) is 0 Å². The summed E-state index contributed by atoms with van der Waals surface area (Å²) < 4.78 is 0. The molecule has 0 bridgehead atoms. The molecule has 1 aliphatic heterocycles. The van der Waals surface area contributed by atoms with Crippen molar-refractivity contribution in [2.24, 2.45) is 5.92 Å². The predicted octanol–water partition coefficient (Wildman–Crippen LogP) is 2.85. The first-order chi connectivity index (χ1) is 6.86. The maximum Gasteiger partial charge on any atom is 0.0398 e. The van der Waals surface area contributed by atoms with Crippen LogP contribution in [0.5, 0.6) is 0 Å². The van der Waals surface area contributed by atoms with E-state index in [-0.39, 0.29) is 0 Å². The predicted molar refractivity (Wildman–Crippen MR) is 59.7 cm³/mol. The van der Waals surface area contributed by atoms with Gasteiger partial charge >= 0.3 is 0 Å². The molecular weight excluding hydrogens is 170 g/mol. The minimum atomic E-state index is 0.824. The van der Waals surface area contributed by atoms with Gasteiger partial charge in [0, 0.05) is 18.8 Å². The molecule has 1 nitrogen and oxygen atoms in total. The highest BCUT2D eigenvalue weighted by Crippen LogP contribution is 2.41. The Labute approximate surface area is 85.7 Å². The molecular formula is C13H17N. The van der Waals surface area contributed by atoms with Crippen LogP contribution in [0.4, 0.5) is 5.69 Å². The molecule has 0 unspecified atom stereocenters. The molecule has 0 amide bonds. The molecule has 3 rings (SSSR count). The van der Waals surface area contributed by atoms with Crippen molar-refractivity contribution in [2.75, 3.05) is 11.9 Å². The van der Waals surface area contributed by atoms with Gasteiger partial charge in [0.15, 0.2) is 0 Å². The summed E-state index contributed by atoms with van der Waals surface area (Å²) in [6, 6.07) is 9.68. The van der Waals surface area contributed by atoms with E-state index in [0.717, 1.165) is 12.0 Å². The van der Waals surface area contributed by atoms with E-state index in [1.807, 2.05) is 0 Å². The van der Waals surface area contributed by atoms with Crippen LogP contribution in [0.3, 0.4) is 0 Å². The van der Waals surface area contributed by atoms with Gasteiger partial charge in [-0.1, -0.05) is 18.2 Å². The van der Waals surface area contributed by atoms with E-state index in [9.17, 15) is 0 Å². The average molecular weight is 187 g/mol. The van der Waals surface area contributed by atoms with Crippen LogP contribution in [0.25, 0.3) is 0 Å². The fourth-order valence-electron chi connectivity index (χ4n) is 2.77. The topological polar surface area (TPSA) is 3.24 Å². The fourth-order valence-corrected chi connectivity index (χ4v) is 2.77. The summed E-state index contributed by atoms with van der Waals surface area (Å²) in [5.74, 6) is 0.994. The maximum absolute atomic E-state index is 2.51. The molecule has 1 heterocycles. The van der Waals surface area contributed by atoms with E-state index in [1.165, 1.54) is 36.9 Å². The number of benzene rings is 1. The minimum absolute atomic E-state index is 0.824. The standard InChI is InChI=1S/C13H17N/c1-14-12-5-3-2-4-10(12)8-9-13(14)11-6-7-11/h2-5,11,13H,6-9H2,1H3/t13-/m1/s1. The number of nitrogens with zero attached hydrogens (tertiary/aromatic N) is 1. The second-order valence-corrected chi connectivity index (χ2v) is 4.68. The van der Waals surface area contributed by atoms with Gasteiger partial charge in [-0.15, -0.1) is 0 Å². The third kappa shape index (κ3) is 1.23. The summed E-state index contributed by atoms with van der Waals surface area (Å²) in [4.78, 5) is 2.51. The first-order valence-corrected chi connectivity index (χ1v) is 5.67. The first-order valence-electron chi connectivity index (χ1n) is 5.67. The summed E-state index contributed by atoms with van der Waals surface area (Å²) in [5, 5.41) is 0. The first kappa shape index (κ1) is 8.34. The quantitative estimate of drug-likeness (QED) is 0.653. The Morgan fingerprint density at radius 3 is 2.71 bits per heavy atom. The summed E-state index contributed by atoms with van der Waals surface area (Å²) in [7, 11) is 2.26. The zero-order valence-electron chi connectivity index (χ0n) is 8.74. The van der Waals surface area contributed by atoms with Crippen molar-refractivity contribution in [3.8, 4) is 0 Å². The molecule has 0 aromatic heterocycles.